The Balaban J connectivity index is 2.84. The second-order valence-corrected chi connectivity index (χ2v) is 3.54. The normalized spacial score (nSPS) is 11.7. The predicted octanol–water partition coefficient (Wildman–Crippen LogP) is 2.77. The van der Waals surface area contributed by atoms with Crippen LogP contribution in [0, 0.1) is 0 Å². The van der Waals surface area contributed by atoms with Gasteiger partial charge in [0.1, 0.15) is 7.11 Å². The van der Waals surface area contributed by atoms with Crippen molar-refractivity contribution >= 4 is 28.6 Å². The summed E-state index contributed by atoms with van der Waals surface area (Å²) in [7, 11) is 1.53. The molecule has 0 aromatic carbocycles. The number of rotatable bonds is 2. The molecule has 11 heavy (non-hydrogen) atoms. The Kier molecular flexibility index (Phi) is 2.91. The third-order valence-electron chi connectivity index (χ3n) is 1.21. The molecule has 1 rings (SSSR count). The van der Waals surface area contributed by atoms with Crippen LogP contribution < -0.4 is 0 Å². The fourth-order valence-electron chi connectivity index (χ4n) is 0.689. The number of nitrogens with zero attached hydrogens (tertiary/aromatic N) is 1. The summed E-state index contributed by atoms with van der Waals surface area (Å²) in [5.41, 5.74) is 1.86. The molecule has 2 nitrogen and oxygen atoms in total. The quantitative estimate of drug-likeness (QED) is 0.518. The topological polar surface area (TPSA) is 21.6 Å². The summed E-state index contributed by atoms with van der Waals surface area (Å²) in [4.78, 5) is 4.62. The number of halogens is 1. The van der Waals surface area contributed by atoms with E-state index in [-0.39, 0.29) is 0 Å². The van der Waals surface area contributed by atoms with E-state index in [0.29, 0.717) is 0 Å². The first-order valence-electron chi connectivity index (χ1n) is 3.06. The van der Waals surface area contributed by atoms with Crippen molar-refractivity contribution in [2.24, 2.45) is 5.16 Å². The zero-order valence-electron chi connectivity index (χ0n) is 6.30. The largest absolute Gasteiger partial charge is 0.399 e. The van der Waals surface area contributed by atoms with Crippen LogP contribution in [0.4, 0.5) is 0 Å². The van der Waals surface area contributed by atoms with E-state index in [2.05, 4.69) is 9.99 Å². The average Bonchev–Trinajstić information content (AvgIpc) is 2.36. The maximum absolute atomic E-state index is 5.73. The van der Waals surface area contributed by atoms with Crippen molar-refractivity contribution in [2.45, 2.75) is 6.92 Å². The van der Waals surface area contributed by atoms with E-state index in [1.807, 2.05) is 18.4 Å². The summed E-state index contributed by atoms with van der Waals surface area (Å²) in [6, 6.07) is 1.87. The van der Waals surface area contributed by atoms with Crippen LogP contribution in [0.1, 0.15) is 12.5 Å². The van der Waals surface area contributed by atoms with Gasteiger partial charge >= 0.3 is 0 Å². The van der Waals surface area contributed by atoms with Crippen LogP contribution in [0.2, 0.25) is 4.34 Å². The van der Waals surface area contributed by atoms with Gasteiger partial charge in [-0.1, -0.05) is 16.8 Å². The molecule has 0 aliphatic rings. The zero-order chi connectivity index (χ0) is 8.27. The molecule has 4 heteroatoms. The van der Waals surface area contributed by atoms with Crippen LogP contribution in [0.25, 0.3) is 0 Å². The molecule has 0 N–H and O–H groups in total. The molecule has 0 fully saturated rings. The minimum atomic E-state index is 0.769. The van der Waals surface area contributed by atoms with Crippen LogP contribution in [0.3, 0.4) is 0 Å². The molecular formula is C7H8ClNOS. The van der Waals surface area contributed by atoms with Gasteiger partial charge in [-0.25, -0.2) is 0 Å². The molecule has 0 atom stereocenters. The molecule has 60 valence electrons. The molecule has 0 aliphatic heterocycles. The highest BCUT2D eigenvalue weighted by Gasteiger charge is 2.00. The van der Waals surface area contributed by atoms with Crippen molar-refractivity contribution in [3.8, 4) is 0 Å². The molecule has 0 unspecified atom stereocenters. The van der Waals surface area contributed by atoms with Gasteiger partial charge in [-0.05, 0) is 13.0 Å². The highest BCUT2D eigenvalue weighted by Crippen LogP contribution is 2.20. The predicted molar refractivity (Wildman–Crippen MR) is 48.5 cm³/mol. The molecule has 1 aromatic heterocycles. The van der Waals surface area contributed by atoms with E-state index in [1.165, 1.54) is 18.4 Å². The Hall–Kier alpha value is -0.540. The van der Waals surface area contributed by atoms with Gasteiger partial charge in [-0.15, -0.1) is 11.3 Å². The van der Waals surface area contributed by atoms with E-state index in [4.69, 9.17) is 11.6 Å². The molecule has 0 spiro atoms. The van der Waals surface area contributed by atoms with Crippen molar-refractivity contribution in [1.29, 1.82) is 0 Å². The maximum Gasteiger partial charge on any atom is 0.106 e. The summed E-state index contributed by atoms with van der Waals surface area (Å²) < 4.78 is 0.769. The van der Waals surface area contributed by atoms with Gasteiger partial charge in [-0.3, -0.25) is 0 Å². The average molecular weight is 190 g/mol. The van der Waals surface area contributed by atoms with Crippen molar-refractivity contribution in [2.75, 3.05) is 7.11 Å². The van der Waals surface area contributed by atoms with Crippen molar-refractivity contribution in [3.63, 3.8) is 0 Å². The first-order valence-corrected chi connectivity index (χ1v) is 4.32. The number of hydrogen-bond acceptors (Lipinski definition) is 3. The molecule has 1 aromatic rings. The van der Waals surface area contributed by atoms with E-state index >= 15 is 0 Å². The lowest BCUT2D eigenvalue weighted by atomic mass is 10.2. The summed E-state index contributed by atoms with van der Waals surface area (Å²) in [5.74, 6) is 0. The lowest BCUT2D eigenvalue weighted by Gasteiger charge is -1.92. The van der Waals surface area contributed by atoms with Crippen LogP contribution in [0.15, 0.2) is 16.6 Å². The number of hydrogen-bond donors (Lipinski definition) is 0. The van der Waals surface area contributed by atoms with Gasteiger partial charge in [0.05, 0.1) is 10.0 Å². The third-order valence-corrected chi connectivity index (χ3v) is 2.30. The summed E-state index contributed by atoms with van der Waals surface area (Å²) in [6.45, 7) is 1.88. The standard InChI is InChI=1S/C7H8ClNOS/c1-5(9-10-2)6-3-7(8)11-4-6/h3-4H,1-2H3. The summed E-state index contributed by atoms with van der Waals surface area (Å²) in [5, 5.41) is 5.72. The zero-order valence-corrected chi connectivity index (χ0v) is 7.87. The fourth-order valence-corrected chi connectivity index (χ4v) is 1.61. The first-order chi connectivity index (χ1) is 5.24. The SMILES string of the molecule is CON=C(C)c1csc(Cl)c1. The van der Waals surface area contributed by atoms with Gasteiger partial charge in [0.2, 0.25) is 0 Å². The molecule has 1 heterocycles. The lowest BCUT2D eigenvalue weighted by molar-refractivity contribution is 0.213. The van der Waals surface area contributed by atoms with Gasteiger partial charge in [0.15, 0.2) is 0 Å². The van der Waals surface area contributed by atoms with Crippen LogP contribution >= 0.6 is 22.9 Å². The molecule has 0 saturated carbocycles. The van der Waals surface area contributed by atoms with Crippen LogP contribution in [-0.2, 0) is 4.84 Å². The molecule has 0 amide bonds. The van der Waals surface area contributed by atoms with Crippen molar-refractivity contribution in [1.82, 2.24) is 0 Å². The minimum Gasteiger partial charge on any atom is -0.399 e. The van der Waals surface area contributed by atoms with Gasteiger partial charge < -0.3 is 4.84 Å². The first kappa shape index (κ1) is 8.56. The Morgan fingerprint density at radius 2 is 2.45 bits per heavy atom. The lowest BCUT2D eigenvalue weighted by Crippen LogP contribution is -1.91. The summed E-state index contributed by atoms with van der Waals surface area (Å²) in [6.07, 6.45) is 0. The Morgan fingerprint density at radius 1 is 1.73 bits per heavy atom. The molecule has 0 aliphatic carbocycles. The van der Waals surface area contributed by atoms with E-state index in [0.717, 1.165) is 15.6 Å². The van der Waals surface area contributed by atoms with Crippen molar-refractivity contribution < 1.29 is 4.84 Å². The van der Waals surface area contributed by atoms with Gasteiger partial charge in [0, 0.05) is 10.9 Å². The van der Waals surface area contributed by atoms with Gasteiger partial charge in [-0.2, -0.15) is 0 Å². The van der Waals surface area contributed by atoms with Crippen LogP contribution in [-0.4, -0.2) is 12.8 Å². The second-order valence-electron chi connectivity index (χ2n) is 2.00. The van der Waals surface area contributed by atoms with E-state index < -0.39 is 0 Å². The maximum atomic E-state index is 5.73. The molecule has 0 bridgehead atoms. The number of oxime groups is 1. The fraction of sp³-hybridized carbons (Fsp3) is 0.286. The molecule has 0 radical (unpaired) electrons. The summed E-state index contributed by atoms with van der Waals surface area (Å²) >= 11 is 7.21. The van der Waals surface area contributed by atoms with E-state index in [1.54, 1.807) is 0 Å². The highest BCUT2D eigenvalue weighted by atomic mass is 35.5. The highest BCUT2D eigenvalue weighted by molar-refractivity contribution is 7.14. The van der Waals surface area contributed by atoms with Gasteiger partial charge in [0.25, 0.3) is 0 Å². The Morgan fingerprint density at radius 3 is 2.91 bits per heavy atom. The third kappa shape index (κ3) is 2.20. The molecule has 0 saturated heterocycles. The Bertz CT molecular complexity index is 269. The molecular weight excluding hydrogens is 182 g/mol. The Labute approximate surface area is 74.4 Å². The smallest absolute Gasteiger partial charge is 0.106 e. The van der Waals surface area contributed by atoms with Crippen LogP contribution in [0.5, 0.6) is 0 Å². The second kappa shape index (κ2) is 3.74. The minimum absolute atomic E-state index is 0.769. The van der Waals surface area contributed by atoms with E-state index in [9.17, 15) is 0 Å². The monoisotopic (exact) mass is 189 g/mol. The van der Waals surface area contributed by atoms with Crippen molar-refractivity contribution in [3.05, 3.63) is 21.3 Å². The number of thiophene rings is 1.